The molecular formula is C18H26N2. The molecule has 0 saturated carbocycles. The maximum atomic E-state index is 4.07. The summed E-state index contributed by atoms with van der Waals surface area (Å²) in [6.07, 6.45) is 5.82. The topological polar surface area (TPSA) is 24.1 Å². The number of allylic oxidation sites excluding steroid dienone is 1. The summed E-state index contributed by atoms with van der Waals surface area (Å²) >= 11 is 0. The minimum atomic E-state index is 0.246. The van der Waals surface area contributed by atoms with Crippen molar-refractivity contribution in [1.82, 2.24) is 10.6 Å². The summed E-state index contributed by atoms with van der Waals surface area (Å²) in [5, 5.41) is 6.70. The van der Waals surface area contributed by atoms with Crippen LogP contribution in [-0.4, -0.2) is 13.1 Å². The average Bonchev–Trinajstić information content (AvgIpc) is 2.46. The van der Waals surface area contributed by atoms with E-state index >= 15 is 0 Å². The fourth-order valence-electron chi connectivity index (χ4n) is 2.18. The predicted molar refractivity (Wildman–Crippen MR) is 89.5 cm³/mol. The Morgan fingerprint density at radius 1 is 1.35 bits per heavy atom. The van der Waals surface area contributed by atoms with Gasteiger partial charge in [0, 0.05) is 25.3 Å². The number of nitrogens with one attached hydrogen (secondary N) is 2. The van der Waals surface area contributed by atoms with Gasteiger partial charge in [0.1, 0.15) is 0 Å². The summed E-state index contributed by atoms with van der Waals surface area (Å²) in [5.74, 6) is 0. The van der Waals surface area contributed by atoms with Crippen LogP contribution >= 0.6 is 0 Å². The van der Waals surface area contributed by atoms with Gasteiger partial charge in [-0.2, -0.15) is 0 Å². The Morgan fingerprint density at radius 2 is 2.10 bits per heavy atom. The molecule has 0 saturated heterocycles. The Morgan fingerprint density at radius 3 is 2.70 bits per heavy atom. The highest BCUT2D eigenvalue weighted by molar-refractivity contribution is 5.52. The molecule has 0 spiro atoms. The van der Waals surface area contributed by atoms with Gasteiger partial charge in [0.2, 0.25) is 0 Å². The minimum absolute atomic E-state index is 0.246. The third-order valence-corrected chi connectivity index (χ3v) is 3.46. The first-order valence-electron chi connectivity index (χ1n) is 7.05. The molecule has 20 heavy (non-hydrogen) atoms. The van der Waals surface area contributed by atoms with Crippen LogP contribution in [0, 0.1) is 6.92 Å². The second kappa shape index (κ2) is 8.39. The zero-order chi connectivity index (χ0) is 15.0. The third-order valence-electron chi connectivity index (χ3n) is 3.46. The van der Waals surface area contributed by atoms with E-state index in [1.54, 1.807) is 0 Å². The largest absolute Gasteiger partial charge is 0.391 e. The van der Waals surface area contributed by atoms with Crippen LogP contribution in [0.4, 0.5) is 0 Å². The quantitative estimate of drug-likeness (QED) is 0.667. The molecule has 0 aliphatic heterocycles. The summed E-state index contributed by atoms with van der Waals surface area (Å²) < 4.78 is 0. The van der Waals surface area contributed by atoms with Crippen LogP contribution < -0.4 is 10.6 Å². The van der Waals surface area contributed by atoms with Gasteiger partial charge in [-0.15, -0.1) is 6.58 Å². The van der Waals surface area contributed by atoms with E-state index in [1.165, 1.54) is 16.7 Å². The molecule has 1 rings (SSSR count). The maximum absolute atomic E-state index is 4.07. The van der Waals surface area contributed by atoms with E-state index in [0.717, 1.165) is 25.1 Å². The fourth-order valence-corrected chi connectivity index (χ4v) is 2.18. The summed E-state index contributed by atoms with van der Waals surface area (Å²) in [6.45, 7) is 14.7. The third kappa shape index (κ3) is 4.71. The van der Waals surface area contributed by atoms with Crippen LogP contribution in [0.2, 0.25) is 0 Å². The van der Waals surface area contributed by atoms with Crippen LogP contribution in [0.5, 0.6) is 0 Å². The first-order valence-corrected chi connectivity index (χ1v) is 7.05. The van der Waals surface area contributed by atoms with Crippen molar-refractivity contribution >= 4 is 6.08 Å². The van der Waals surface area contributed by atoms with Gasteiger partial charge >= 0.3 is 0 Å². The number of hydrogen-bond donors (Lipinski definition) is 2. The number of rotatable bonds is 9. The average molecular weight is 270 g/mol. The summed E-state index contributed by atoms with van der Waals surface area (Å²) in [4.78, 5) is 0. The Labute approximate surface area is 123 Å². The van der Waals surface area contributed by atoms with E-state index in [0.29, 0.717) is 0 Å². The highest BCUT2D eigenvalue weighted by atomic mass is 15.0. The van der Waals surface area contributed by atoms with Gasteiger partial charge in [-0.1, -0.05) is 49.1 Å². The smallest absolute Gasteiger partial charge is 0.0468 e. The Kier molecular flexibility index (Phi) is 6.82. The van der Waals surface area contributed by atoms with Crippen LogP contribution in [-0.2, 0) is 6.54 Å². The van der Waals surface area contributed by atoms with E-state index in [1.807, 2.05) is 19.2 Å². The van der Waals surface area contributed by atoms with Gasteiger partial charge in [0.15, 0.2) is 0 Å². The first kappa shape index (κ1) is 16.3. The van der Waals surface area contributed by atoms with Gasteiger partial charge in [-0.3, -0.25) is 0 Å². The molecule has 0 radical (unpaired) electrons. The lowest BCUT2D eigenvalue weighted by Gasteiger charge is -2.21. The monoisotopic (exact) mass is 270 g/mol. The molecular weight excluding hydrogens is 244 g/mol. The molecule has 1 atom stereocenters. The van der Waals surface area contributed by atoms with Gasteiger partial charge < -0.3 is 10.6 Å². The van der Waals surface area contributed by atoms with Gasteiger partial charge in [-0.25, -0.2) is 0 Å². The summed E-state index contributed by atoms with van der Waals surface area (Å²) in [6, 6.07) is 6.68. The molecule has 1 aromatic rings. The molecule has 0 aliphatic rings. The van der Waals surface area contributed by atoms with Crippen molar-refractivity contribution < 1.29 is 0 Å². The standard InChI is InChI=1S/C18H26N2/c1-6-8-9-18(15(4)19-5)20-13-17-12-14(3)10-11-16(17)7-2/h6-7,10-12,18-20H,1-2,4,8-9,13H2,3,5H3. The van der Waals surface area contributed by atoms with Crippen LogP contribution in [0.1, 0.15) is 29.5 Å². The molecule has 1 unspecified atom stereocenters. The highest BCUT2D eigenvalue weighted by Gasteiger charge is 2.11. The molecule has 0 fully saturated rings. The van der Waals surface area contributed by atoms with Crippen LogP contribution in [0.15, 0.2) is 49.7 Å². The Hall–Kier alpha value is -1.80. The summed E-state index contributed by atoms with van der Waals surface area (Å²) in [5.41, 5.74) is 4.73. The van der Waals surface area contributed by atoms with E-state index in [9.17, 15) is 0 Å². The molecule has 108 valence electrons. The molecule has 0 amide bonds. The highest BCUT2D eigenvalue weighted by Crippen LogP contribution is 2.14. The Balaban J connectivity index is 2.75. The molecule has 2 heteroatoms. The fraction of sp³-hybridized carbons (Fsp3) is 0.333. The zero-order valence-corrected chi connectivity index (χ0v) is 12.7. The van der Waals surface area contributed by atoms with Gasteiger partial charge in [0.25, 0.3) is 0 Å². The number of likely N-dealkylation sites (N-methyl/N-ethyl adjacent to an activating group) is 1. The van der Waals surface area contributed by atoms with Gasteiger partial charge in [-0.05, 0) is 30.9 Å². The van der Waals surface area contributed by atoms with Crippen molar-refractivity contribution in [3.8, 4) is 0 Å². The molecule has 0 bridgehead atoms. The van der Waals surface area contributed by atoms with E-state index < -0.39 is 0 Å². The SMILES string of the molecule is C=CCCC(NCc1cc(C)ccc1C=C)C(=C)NC. The van der Waals surface area contributed by atoms with E-state index in [4.69, 9.17) is 0 Å². The van der Waals surface area contributed by atoms with Crippen molar-refractivity contribution in [3.63, 3.8) is 0 Å². The lowest BCUT2D eigenvalue weighted by atomic mass is 10.0. The number of hydrogen-bond acceptors (Lipinski definition) is 2. The lowest BCUT2D eigenvalue weighted by molar-refractivity contribution is 0.519. The van der Waals surface area contributed by atoms with E-state index in [-0.39, 0.29) is 6.04 Å². The molecule has 0 aromatic heterocycles. The number of aryl methyl sites for hydroxylation is 1. The Bertz CT molecular complexity index is 474. The van der Waals surface area contributed by atoms with Crippen molar-refractivity contribution in [2.24, 2.45) is 0 Å². The normalized spacial score (nSPS) is 11.7. The van der Waals surface area contributed by atoms with Crippen molar-refractivity contribution in [3.05, 3.63) is 66.4 Å². The van der Waals surface area contributed by atoms with E-state index in [2.05, 4.69) is 55.5 Å². The molecule has 1 aromatic carbocycles. The maximum Gasteiger partial charge on any atom is 0.0468 e. The van der Waals surface area contributed by atoms with Crippen LogP contribution in [0.25, 0.3) is 6.08 Å². The van der Waals surface area contributed by atoms with Gasteiger partial charge in [0.05, 0.1) is 0 Å². The second-order valence-corrected chi connectivity index (χ2v) is 4.98. The lowest BCUT2D eigenvalue weighted by Crippen LogP contribution is -2.34. The van der Waals surface area contributed by atoms with Crippen molar-refractivity contribution in [2.45, 2.75) is 32.4 Å². The molecule has 0 aliphatic carbocycles. The molecule has 2 N–H and O–H groups in total. The van der Waals surface area contributed by atoms with Crippen molar-refractivity contribution in [2.75, 3.05) is 7.05 Å². The van der Waals surface area contributed by atoms with Crippen LogP contribution in [0.3, 0.4) is 0 Å². The number of benzene rings is 1. The molecule has 0 heterocycles. The second-order valence-electron chi connectivity index (χ2n) is 4.98. The predicted octanol–water partition coefficient (Wildman–Crippen LogP) is 3.80. The summed E-state index contributed by atoms with van der Waals surface area (Å²) in [7, 11) is 1.91. The molecule has 2 nitrogen and oxygen atoms in total. The zero-order valence-electron chi connectivity index (χ0n) is 12.7. The van der Waals surface area contributed by atoms with Crippen molar-refractivity contribution in [1.29, 1.82) is 0 Å². The minimum Gasteiger partial charge on any atom is -0.391 e. The first-order chi connectivity index (χ1) is 9.62.